The zero-order valence-corrected chi connectivity index (χ0v) is 14.2. The van der Waals surface area contributed by atoms with Crippen molar-refractivity contribution in [3.63, 3.8) is 0 Å². The highest BCUT2D eigenvalue weighted by Crippen LogP contribution is 2.35. The Kier molecular flexibility index (Phi) is 6.71. The predicted octanol–water partition coefficient (Wildman–Crippen LogP) is 4.03. The van der Waals surface area contributed by atoms with Crippen LogP contribution in [0.25, 0.3) is 0 Å². The summed E-state index contributed by atoms with van der Waals surface area (Å²) in [4.78, 5) is 0. The molecule has 1 N–H and O–H groups in total. The van der Waals surface area contributed by atoms with Gasteiger partial charge < -0.3 is 14.8 Å². The fourth-order valence-electron chi connectivity index (χ4n) is 2.90. The van der Waals surface area contributed by atoms with Gasteiger partial charge in [-0.25, -0.2) is 0 Å². The topological polar surface area (TPSA) is 30.5 Å². The van der Waals surface area contributed by atoms with Gasteiger partial charge in [0.25, 0.3) is 0 Å². The van der Waals surface area contributed by atoms with Crippen LogP contribution >= 0.6 is 11.8 Å². The van der Waals surface area contributed by atoms with Crippen molar-refractivity contribution in [2.45, 2.75) is 43.9 Å². The average molecular weight is 309 g/mol. The number of hydrogen-bond donors (Lipinski definition) is 1. The first-order valence-electron chi connectivity index (χ1n) is 7.85. The molecule has 2 rings (SSSR count). The minimum Gasteiger partial charge on any atom is -0.497 e. The van der Waals surface area contributed by atoms with Crippen LogP contribution in [0.3, 0.4) is 0 Å². The number of thioether (sulfide) groups is 1. The molecule has 0 amide bonds. The molecule has 1 atom stereocenters. The van der Waals surface area contributed by atoms with E-state index >= 15 is 0 Å². The zero-order valence-electron chi connectivity index (χ0n) is 13.4. The highest BCUT2D eigenvalue weighted by Gasteiger charge is 2.21. The van der Waals surface area contributed by atoms with E-state index in [-0.39, 0.29) is 0 Å². The maximum absolute atomic E-state index is 5.54. The summed E-state index contributed by atoms with van der Waals surface area (Å²) in [6, 6.07) is 6.36. The molecule has 0 heterocycles. The van der Waals surface area contributed by atoms with Gasteiger partial charge in [0.1, 0.15) is 11.5 Å². The Labute approximate surface area is 132 Å². The fraction of sp³-hybridized carbons (Fsp3) is 0.647. The highest BCUT2D eigenvalue weighted by atomic mass is 32.2. The van der Waals surface area contributed by atoms with Crippen LogP contribution in [-0.4, -0.2) is 31.8 Å². The summed E-state index contributed by atoms with van der Waals surface area (Å²) in [5.74, 6) is 2.91. The smallest absolute Gasteiger partial charge is 0.123 e. The van der Waals surface area contributed by atoms with Gasteiger partial charge in [0.2, 0.25) is 0 Å². The lowest BCUT2D eigenvalue weighted by atomic mass is 10.1. The van der Waals surface area contributed by atoms with Crippen molar-refractivity contribution < 1.29 is 9.47 Å². The predicted molar refractivity (Wildman–Crippen MR) is 90.7 cm³/mol. The Bertz CT molecular complexity index is 433. The van der Waals surface area contributed by atoms with Gasteiger partial charge in [-0.3, -0.25) is 0 Å². The Morgan fingerprint density at radius 1 is 1.24 bits per heavy atom. The van der Waals surface area contributed by atoms with Crippen LogP contribution in [0.15, 0.2) is 18.2 Å². The van der Waals surface area contributed by atoms with Crippen LogP contribution in [0, 0.1) is 0 Å². The van der Waals surface area contributed by atoms with Crippen LogP contribution in [0.4, 0.5) is 0 Å². The van der Waals surface area contributed by atoms with Crippen molar-refractivity contribution in [2.75, 3.05) is 26.5 Å². The molecule has 0 radical (unpaired) electrons. The largest absolute Gasteiger partial charge is 0.497 e. The van der Waals surface area contributed by atoms with Gasteiger partial charge in [-0.15, -0.1) is 0 Å². The van der Waals surface area contributed by atoms with Gasteiger partial charge in [-0.2, -0.15) is 11.8 Å². The number of rotatable bonds is 8. The molecule has 0 spiro atoms. The van der Waals surface area contributed by atoms with Crippen LogP contribution in [0.5, 0.6) is 11.5 Å². The SMILES string of the molecule is CCNC(CSC1CCCC1)c1cc(OC)ccc1OC. The van der Waals surface area contributed by atoms with Crippen LogP contribution < -0.4 is 14.8 Å². The summed E-state index contributed by atoms with van der Waals surface area (Å²) < 4.78 is 10.9. The van der Waals surface area contributed by atoms with E-state index in [0.29, 0.717) is 6.04 Å². The van der Waals surface area contributed by atoms with E-state index in [2.05, 4.69) is 30.1 Å². The third kappa shape index (κ3) is 4.55. The van der Waals surface area contributed by atoms with Gasteiger partial charge >= 0.3 is 0 Å². The molecule has 1 aliphatic carbocycles. The minimum atomic E-state index is 0.311. The molecule has 1 aromatic rings. The average Bonchev–Trinajstić information content (AvgIpc) is 3.04. The first-order valence-corrected chi connectivity index (χ1v) is 8.90. The number of nitrogens with one attached hydrogen (secondary N) is 1. The molecular weight excluding hydrogens is 282 g/mol. The number of benzene rings is 1. The second-order valence-corrected chi connectivity index (χ2v) is 6.79. The van der Waals surface area contributed by atoms with Crippen molar-refractivity contribution in [1.29, 1.82) is 0 Å². The highest BCUT2D eigenvalue weighted by molar-refractivity contribution is 7.99. The molecule has 118 valence electrons. The van der Waals surface area contributed by atoms with Crippen LogP contribution in [0.2, 0.25) is 0 Å². The molecule has 3 nitrogen and oxygen atoms in total. The monoisotopic (exact) mass is 309 g/mol. The molecule has 4 heteroatoms. The van der Waals surface area contributed by atoms with Gasteiger partial charge in [-0.1, -0.05) is 19.8 Å². The molecule has 1 unspecified atom stereocenters. The van der Waals surface area contributed by atoms with Gasteiger partial charge in [-0.05, 0) is 37.6 Å². The third-order valence-corrected chi connectivity index (χ3v) is 5.53. The Balaban J connectivity index is 2.11. The zero-order chi connectivity index (χ0) is 15.1. The molecule has 1 aromatic carbocycles. The number of methoxy groups -OCH3 is 2. The maximum Gasteiger partial charge on any atom is 0.123 e. The molecule has 0 aromatic heterocycles. The number of ether oxygens (including phenoxy) is 2. The Morgan fingerprint density at radius 2 is 2.00 bits per heavy atom. The Hall–Kier alpha value is -0.870. The molecule has 1 saturated carbocycles. The fourth-order valence-corrected chi connectivity index (χ4v) is 4.33. The molecular formula is C17H27NO2S. The molecule has 0 aliphatic heterocycles. The molecule has 1 fully saturated rings. The lowest BCUT2D eigenvalue weighted by molar-refractivity contribution is 0.393. The van der Waals surface area contributed by atoms with E-state index in [1.807, 2.05) is 12.1 Å². The first kappa shape index (κ1) is 16.5. The Morgan fingerprint density at radius 3 is 2.62 bits per heavy atom. The van der Waals surface area contributed by atoms with E-state index < -0.39 is 0 Å². The van der Waals surface area contributed by atoms with E-state index in [4.69, 9.17) is 9.47 Å². The van der Waals surface area contributed by atoms with Crippen molar-refractivity contribution >= 4 is 11.8 Å². The summed E-state index contributed by atoms with van der Waals surface area (Å²) in [6.07, 6.45) is 5.54. The summed E-state index contributed by atoms with van der Waals surface area (Å²) in [7, 11) is 3.44. The van der Waals surface area contributed by atoms with Crippen LogP contribution in [0.1, 0.15) is 44.2 Å². The van der Waals surface area contributed by atoms with Crippen molar-refractivity contribution in [2.24, 2.45) is 0 Å². The summed E-state index contributed by atoms with van der Waals surface area (Å²) >= 11 is 2.10. The first-order chi connectivity index (χ1) is 10.3. The molecule has 0 bridgehead atoms. The lowest BCUT2D eigenvalue weighted by Gasteiger charge is -2.22. The minimum absolute atomic E-state index is 0.311. The molecule has 1 aliphatic rings. The van der Waals surface area contributed by atoms with Crippen LogP contribution in [-0.2, 0) is 0 Å². The summed E-state index contributed by atoms with van der Waals surface area (Å²) in [5, 5.41) is 4.43. The standard InChI is InChI=1S/C17H27NO2S/c1-4-18-16(12-21-14-7-5-6-8-14)15-11-13(19-2)9-10-17(15)20-3/h9-11,14,16,18H,4-8,12H2,1-3H3. The van der Waals surface area contributed by atoms with E-state index in [0.717, 1.165) is 29.0 Å². The molecule has 0 saturated heterocycles. The summed E-state index contributed by atoms with van der Waals surface area (Å²) in [5.41, 5.74) is 1.20. The second-order valence-electron chi connectivity index (χ2n) is 5.46. The van der Waals surface area contributed by atoms with Crippen molar-refractivity contribution in [3.8, 4) is 11.5 Å². The molecule has 21 heavy (non-hydrogen) atoms. The van der Waals surface area contributed by atoms with E-state index in [1.165, 1.54) is 31.2 Å². The van der Waals surface area contributed by atoms with Crippen molar-refractivity contribution in [1.82, 2.24) is 5.32 Å². The van der Waals surface area contributed by atoms with E-state index in [9.17, 15) is 0 Å². The van der Waals surface area contributed by atoms with Gasteiger partial charge in [0.05, 0.1) is 14.2 Å². The third-order valence-electron chi connectivity index (χ3n) is 4.06. The lowest BCUT2D eigenvalue weighted by Crippen LogP contribution is -2.24. The van der Waals surface area contributed by atoms with E-state index in [1.54, 1.807) is 14.2 Å². The van der Waals surface area contributed by atoms with Gasteiger partial charge in [0, 0.05) is 22.6 Å². The van der Waals surface area contributed by atoms with Crippen molar-refractivity contribution in [3.05, 3.63) is 23.8 Å². The quantitative estimate of drug-likeness (QED) is 0.785. The normalized spacial score (nSPS) is 16.9. The maximum atomic E-state index is 5.54. The number of hydrogen-bond acceptors (Lipinski definition) is 4. The summed E-state index contributed by atoms with van der Waals surface area (Å²) in [6.45, 7) is 3.11. The van der Waals surface area contributed by atoms with Gasteiger partial charge in [0.15, 0.2) is 0 Å². The second kappa shape index (κ2) is 8.54.